The SMILES string of the molecule is Nc1ccc(NCc2cccs2)c(F)c1. The second-order valence-corrected chi connectivity index (χ2v) is 4.20. The molecule has 0 saturated carbocycles. The van der Waals surface area contributed by atoms with Crippen molar-refractivity contribution in [2.75, 3.05) is 11.1 Å². The monoisotopic (exact) mass is 222 g/mol. The first kappa shape index (κ1) is 9.98. The van der Waals surface area contributed by atoms with Gasteiger partial charge in [-0.2, -0.15) is 0 Å². The lowest BCUT2D eigenvalue weighted by Crippen LogP contribution is -2.00. The molecule has 0 unspecified atom stereocenters. The van der Waals surface area contributed by atoms with Gasteiger partial charge in [-0.3, -0.25) is 0 Å². The molecule has 2 aromatic rings. The molecule has 4 heteroatoms. The molecule has 0 aliphatic carbocycles. The van der Waals surface area contributed by atoms with E-state index in [-0.39, 0.29) is 5.82 Å². The third-order valence-corrected chi connectivity index (χ3v) is 2.90. The lowest BCUT2D eigenvalue weighted by molar-refractivity contribution is 0.631. The van der Waals surface area contributed by atoms with Gasteiger partial charge in [-0.25, -0.2) is 4.39 Å². The average molecular weight is 222 g/mol. The molecule has 2 rings (SSSR count). The van der Waals surface area contributed by atoms with Crippen LogP contribution in [0.4, 0.5) is 15.8 Å². The minimum atomic E-state index is -0.313. The van der Waals surface area contributed by atoms with E-state index in [4.69, 9.17) is 5.73 Å². The largest absolute Gasteiger partial charge is 0.399 e. The van der Waals surface area contributed by atoms with Gasteiger partial charge in [-0.1, -0.05) is 6.07 Å². The van der Waals surface area contributed by atoms with Crippen molar-refractivity contribution >= 4 is 22.7 Å². The summed E-state index contributed by atoms with van der Waals surface area (Å²) in [4.78, 5) is 1.17. The van der Waals surface area contributed by atoms with Crippen LogP contribution in [-0.4, -0.2) is 0 Å². The highest BCUT2D eigenvalue weighted by atomic mass is 32.1. The van der Waals surface area contributed by atoms with Crippen molar-refractivity contribution < 1.29 is 4.39 Å². The second-order valence-electron chi connectivity index (χ2n) is 3.17. The van der Waals surface area contributed by atoms with Crippen molar-refractivity contribution in [1.29, 1.82) is 0 Å². The van der Waals surface area contributed by atoms with Gasteiger partial charge in [0.15, 0.2) is 0 Å². The van der Waals surface area contributed by atoms with Gasteiger partial charge in [-0.05, 0) is 29.6 Å². The lowest BCUT2D eigenvalue weighted by Gasteiger charge is -2.06. The van der Waals surface area contributed by atoms with E-state index in [0.29, 0.717) is 17.9 Å². The average Bonchev–Trinajstić information content (AvgIpc) is 2.69. The van der Waals surface area contributed by atoms with Gasteiger partial charge in [0, 0.05) is 17.1 Å². The minimum absolute atomic E-state index is 0.313. The first-order valence-corrected chi connectivity index (χ1v) is 5.45. The Morgan fingerprint density at radius 2 is 2.20 bits per heavy atom. The smallest absolute Gasteiger partial charge is 0.148 e. The molecular weight excluding hydrogens is 211 g/mol. The van der Waals surface area contributed by atoms with Crippen LogP contribution in [0, 0.1) is 5.82 Å². The first-order valence-electron chi connectivity index (χ1n) is 4.57. The first-order chi connectivity index (χ1) is 7.25. The number of nitrogens with two attached hydrogens (primary N) is 1. The maximum atomic E-state index is 13.3. The van der Waals surface area contributed by atoms with Crippen LogP contribution in [0.3, 0.4) is 0 Å². The van der Waals surface area contributed by atoms with Gasteiger partial charge in [0.25, 0.3) is 0 Å². The summed E-state index contributed by atoms with van der Waals surface area (Å²) in [5.41, 5.74) is 6.38. The van der Waals surface area contributed by atoms with Crippen LogP contribution < -0.4 is 11.1 Å². The maximum Gasteiger partial charge on any atom is 0.148 e. The summed E-state index contributed by atoms with van der Waals surface area (Å²) in [7, 11) is 0. The minimum Gasteiger partial charge on any atom is -0.399 e. The number of halogens is 1. The van der Waals surface area contributed by atoms with Crippen LogP contribution in [0.5, 0.6) is 0 Å². The van der Waals surface area contributed by atoms with E-state index in [1.165, 1.54) is 10.9 Å². The number of thiophene rings is 1. The van der Waals surface area contributed by atoms with Gasteiger partial charge in [0.05, 0.1) is 5.69 Å². The van der Waals surface area contributed by atoms with Gasteiger partial charge in [0.1, 0.15) is 5.82 Å². The number of anilines is 2. The summed E-state index contributed by atoms with van der Waals surface area (Å²) in [5.74, 6) is -0.313. The summed E-state index contributed by atoms with van der Waals surface area (Å²) in [6, 6.07) is 8.63. The topological polar surface area (TPSA) is 38.0 Å². The Bertz CT molecular complexity index is 440. The van der Waals surface area contributed by atoms with Crippen LogP contribution in [0.1, 0.15) is 4.88 Å². The molecule has 0 atom stereocenters. The molecule has 0 fully saturated rings. The lowest BCUT2D eigenvalue weighted by atomic mass is 10.2. The predicted octanol–water partition coefficient (Wildman–Crippen LogP) is 3.08. The molecule has 0 aliphatic heterocycles. The van der Waals surface area contributed by atoms with Gasteiger partial charge in [0.2, 0.25) is 0 Å². The van der Waals surface area contributed by atoms with E-state index in [2.05, 4.69) is 5.32 Å². The van der Waals surface area contributed by atoms with Gasteiger partial charge < -0.3 is 11.1 Å². The molecule has 1 aromatic carbocycles. The van der Waals surface area contributed by atoms with Crippen molar-refractivity contribution in [2.45, 2.75) is 6.54 Å². The van der Waals surface area contributed by atoms with Crippen molar-refractivity contribution in [2.24, 2.45) is 0 Å². The molecule has 0 aliphatic rings. The van der Waals surface area contributed by atoms with Crippen LogP contribution in [0.15, 0.2) is 35.7 Å². The summed E-state index contributed by atoms with van der Waals surface area (Å²) < 4.78 is 13.3. The summed E-state index contributed by atoms with van der Waals surface area (Å²) >= 11 is 1.64. The number of hydrogen-bond donors (Lipinski definition) is 2. The fourth-order valence-electron chi connectivity index (χ4n) is 1.27. The van der Waals surface area contributed by atoms with Crippen LogP contribution >= 0.6 is 11.3 Å². The molecule has 0 spiro atoms. The predicted molar refractivity (Wildman–Crippen MR) is 62.5 cm³/mol. The molecule has 1 aromatic heterocycles. The van der Waals surface area contributed by atoms with Gasteiger partial charge in [-0.15, -0.1) is 11.3 Å². The summed E-state index contributed by atoms with van der Waals surface area (Å²) in [6.45, 7) is 0.637. The number of hydrogen-bond acceptors (Lipinski definition) is 3. The van der Waals surface area contributed by atoms with Crippen molar-refractivity contribution in [3.05, 3.63) is 46.4 Å². The van der Waals surface area contributed by atoms with E-state index in [1.54, 1.807) is 23.5 Å². The van der Waals surface area contributed by atoms with Crippen LogP contribution in [-0.2, 0) is 6.54 Å². The fourth-order valence-corrected chi connectivity index (χ4v) is 1.91. The number of rotatable bonds is 3. The number of nitrogens with one attached hydrogen (secondary N) is 1. The Morgan fingerprint density at radius 3 is 2.87 bits per heavy atom. The van der Waals surface area contributed by atoms with Crippen molar-refractivity contribution in [3.63, 3.8) is 0 Å². The molecule has 1 heterocycles. The van der Waals surface area contributed by atoms with Crippen LogP contribution in [0.25, 0.3) is 0 Å². The van der Waals surface area contributed by atoms with E-state index >= 15 is 0 Å². The van der Waals surface area contributed by atoms with E-state index in [9.17, 15) is 4.39 Å². The third-order valence-electron chi connectivity index (χ3n) is 2.03. The normalized spacial score (nSPS) is 10.2. The molecule has 3 N–H and O–H groups in total. The maximum absolute atomic E-state index is 13.3. The zero-order valence-electron chi connectivity index (χ0n) is 8.03. The Kier molecular flexibility index (Phi) is 2.87. The highest BCUT2D eigenvalue weighted by Gasteiger charge is 2.01. The standard InChI is InChI=1S/C11H11FN2S/c12-10-6-8(13)3-4-11(10)14-7-9-2-1-5-15-9/h1-6,14H,7,13H2. The fraction of sp³-hybridized carbons (Fsp3) is 0.0909. The number of benzene rings is 1. The second kappa shape index (κ2) is 4.31. The summed E-state index contributed by atoms with van der Waals surface area (Å²) in [6.07, 6.45) is 0. The number of nitrogen functional groups attached to an aromatic ring is 1. The Balaban J connectivity index is 2.05. The third kappa shape index (κ3) is 2.47. The Hall–Kier alpha value is -1.55. The molecule has 78 valence electrons. The van der Waals surface area contributed by atoms with Crippen molar-refractivity contribution in [3.8, 4) is 0 Å². The molecule has 0 amide bonds. The van der Waals surface area contributed by atoms with E-state index in [0.717, 1.165) is 0 Å². The van der Waals surface area contributed by atoms with Crippen molar-refractivity contribution in [1.82, 2.24) is 0 Å². The zero-order valence-corrected chi connectivity index (χ0v) is 8.85. The quantitative estimate of drug-likeness (QED) is 0.783. The molecule has 2 nitrogen and oxygen atoms in total. The van der Waals surface area contributed by atoms with E-state index < -0.39 is 0 Å². The van der Waals surface area contributed by atoms with Crippen LogP contribution in [0.2, 0.25) is 0 Å². The molecule has 0 saturated heterocycles. The highest BCUT2D eigenvalue weighted by Crippen LogP contribution is 2.18. The Morgan fingerprint density at radius 1 is 1.33 bits per heavy atom. The molecule has 0 radical (unpaired) electrons. The van der Waals surface area contributed by atoms with Gasteiger partial charge >= 0.3 is 0 Å². The summed E-state index contributed by atoms with van der Waals surface area (Å²) in [5, 5.41) is 5.02. The molecule has 15 heavy (non-hydrogen) atoms. The molecular formula is C11H11FN2S. The Labute approximate surface area is 91.5 Å². The van der Waals surface area contributed by atoms with E-state index in [1.807, 2.05) is 17.5 Å². The molecule has 0 bridgehead atoms. The highest BCUT2D eigenvalue weighted by molar-refractivity contribution is 7.09. The zero-order chi connectivity index (χ0) is 10.7.